The van der Waals surface area contributed by atoms with E-state index >= 15 is 0 Å². The van der Waals surface area contributed by atoms with Crippen LogP contribution in [0, 0.1) is 5.92 Å². The van der Waals surface area contributed by atoms with Crippen LogP contribution in [-0.2, 0) is 6.42 Å². The first kappa shape index (κ1) is 21.9. The monoisotopic (exact) mass is 453 g/mol. The van der Waals surface area contributed by atoms with Gasteiger partial charge in [-0.15, -0.1) is 0 Å². The van der Waals surface area contributed by atoms with Crippen molar-refractivity contribution in [3.05, 3.63) is 33.4 Å². The van der Waals surface area contributed by atoms with Gasteiger partial charge in [-0.1, -0.05) is 23.5 Å². The molecule has 10 heteroatoms. The Morgan fingerprint density at radius 1 is 1.39 bits per heavy atom. The number of nitrogens with one attached hydrogen (secondary N) is 3. The zero-order chi connectivity index (χ0) is 22.0. The lowest BCUT2D eigenvalue weighted by molar-refractivity contribution is -0.169. The SMILES string of the molecule is C[C@@H](Cc1c[nH]c2c1=CCCC=2)NC(=O)c1cnc(N2CCNC[C@@H](C(F)(F)F)C2)s1. The van der Waals surface area contributed by atoms with E-state index in [-0.39, 0.29) is 25.0 Å². The lowest BCUT2D eigenvalue weighted by atomic mass is 10.1. The van der Waals surface area contributed by atoms with Crippen LogP contribution in [0.3, 0.4) is 0 Å². The fourth-order valence-corrected chi connectivity index (χ4v) is 4.88. The Morgan fingerprint density at radius 3 is 3.00 bits per heavy atom. The predicted molar refractivity (Wildman–Crippen MR) is 116 cm³/mol. The van der Waals surface area contributed by atoms with Crippen LogP contribution in [0.4, 0.5) is 18.3 Å². The molecule has 2 aromatic heterocycles. The summed E-state index contributed by atoms with van der Waals surface area (Å²) < 4.78 is 39.6. The number of fused-ring (bicyclic) bond motifs is 1. The maximum atomic E-state index is 13.2. The van der Waals surface area contributed by atoms with Crippen molar-refractivity contribution < 1.29 is 18.0 Å². The molecule has 2 aliphatic rings. The molecule has 0 radical (unpaired) electrons. The summed E-state index contributed by atoms with van der Waals surface area (Å²) in [4.78, 5) is 22.2. The molecule has 0 bridgehead atoms. The summed E-state index contributed by atoms with van der Waals surface area (Å²) in [6, 6.07) is -0.0923. The highest BCUT2D eigenvalue weighted by Crippen LogP contribution is 2.30. The van der Waals surface area contributed by atoms with Crippen molar-refractivity contribution in [2.75, 3.05) is 31.1 Å². The maximum absolute atomic E-state index is 13.2. The van der Waals surface area contributed by atoms with Crippen molar-refractivity contribution in [1.29, 1.82) is 0 Å². The minimum atomic E-state index is -4.27. The molecule has 0 unspecified atom stereocenters. The van der Waals surface area contributed by atoms with Crippen molar-refractivity contribution in [2.24, 2.45) is 5.92 Å². The molecule has 6 nitrogen and oxygen atoms in total. The minimum absolute atomic E-state index is 0.0923. The molecule has 4 rings (SSSR count). The van der Waals surface area contributed by atoms with E-state index in [0.717, 1.165) is 29.5 Å². The second-order valence-corrected chi connectivity index (χ2v) is 9.11. The molecule has 3 N–H and O–H groups in total. The number of anilines is 1. The average Bonchev–Trinajstić information content (AvgIpc) is 3.28. The fourth-order valence-electron chi connectivity index (χ4n) is 4.02. The summed E-state index contributed by atoms with van der Waals surface area (Å²) in [6.45, 7) is 2.55. The lowest BCUT2D eigenvalue weighted by Crippen LogP contribution is -2.38. The van der Waals surface area contributed by atoms with E-state index in [9.17, 15) is 18.0 Å². The van der Waals surface area contributed by atoms with E-state index in [0.29, 0.717) is 29.5 Å². The molecule has 0 spiro atoms. The van der Waals surface area contributed by atoms with Gasteiger partial charge in [-0.3, -0.25) is 4.79 Å². The van der Waals surface area contributed by atoms with Gasteiger partial charge >= 0.3 is 6.18 Å². The predicted octanol–water partition coefficient (Wildman–Crippen LogP) is 1.78. The number of aromatic amines is 1. The number of rotatable bonds is 5. The number of carbonyl (C=O) groups excluding carboxylic acids is 1. The maximum Gasteiger partial charge on any atom is 0.394 e. The number of nitrogens with zero attached hydrogens (tertiary/aromatic N) is 2. The summed E-state index contributed by atoms with van der Waals surface area (Å²) in [7, 11) is 0. The Hall–Kier alpha value is -2.33. The van der Waals surface area contributed by atoms with Gasteiger partial charge in [0.1, 0.15) is 4.88 Å². The molecule has 3 heterocycles. The molecular formula is C21H26F3N5OS. The molecule has 2 aromatic rings. The van der Waals surface area contributed by atoms with Crippen LogP contribution >= 0.6 is 11.3 Å². The quantitative estimate of drug-likeness (QED) is 0.645. The Morgan fingerprint density at radius 2 is 2.19 bits per heavy atom. The zero-order valence-electron chi connectivity index (χ0n) is 17.3. The highest BCUT2D eigenvalue weighted by Gasteiger charge is 2.41. The molecule has 2 atom stereocenters. The van der Waals surface area contributed by atoms with Gasteiger partial charge in [0.15, 0.2) is 5.13 Å². The van der Waals surface area contributed by atoms with Gasteiger partial charge in [-0.25, -0.2) is 4.98 Å². The Balaban J connectivity index is 1.39. The van der Waals surface area contributed by atoms with E-state index in [1.54, 1.807) is 4.90 Å². The molecule has 1 aliphatic carbocycles. The first-order valence-electron chi connectivity index (χ1n) is 10.5. The summed E-state index contributed by atoms with van der Waals surface area (Å²) >= 11 is 1.13. The normalized spacial score (nSPS) is 20.3. The van der Waals surface area contributed by atoms with E-state index in [1.807, 2.05) is 13.1 Å². The fraction of sp³-hybridized carbons (Fsp3) is 0.524. The van der Waals surface area contributed by atoms with E-state index in [1.165, 1.54) is 17.0 Å². The number of halogens is 3. The second kappa shape index (κ2) is 9.04. The largest absolute Gasteiger partial charge is 0.394 e. The first-order valence-corrected chi connectivity index (χ1v) is 11.3. The van der Waals surface area contributed by atoms with Gasteiger partial charge in [0, 0.05) is 43.8 Å². The van der Waals surface area contributed by atoms with Crippen molar-refractivity contribution in [1.82, 2.24) is 20.6 Å². The summed E-state index contributed by atoms with van der Waals surface area (Å²) in [5, 5.41) is 8.61. The molecule has 31 heavy (non-hydrogen) atoms. The number of hydrogen-bond acceptors (Lipinski definition) is 5. The number of aromatic nitrogens is 2. The lowest BCUT2D eigenvalue weighted by Gasteiger charge is -2.24. The first-order chi connectivity index (χ1) is 14.8. The Kier molecular flexibility index (Phi) is 6.38. The molecule has 1 aliphatic heterocycles. The van der Waals surface area contributed by atoms with Gasteiger partial charge in [0.2, 0.25) is 0 Å². The summed E-state index contributed by atoms with van der Waals surface area (Å²) in [6.07, 6.45) is 6.31. The van der Waals surface area contributed by atoms with Crippen LogP contribution in [-0.4, -0.2) is 54.3 Å². The molecule has 1 amide bonds. The van der Waals surface area contributed by atoms with Crippen LogP contribution in [0.2, 0.25) is 0 Å². The summed E-state index contributed by atoms with van der Waals surface area (Å²) in [5.74, 6) is -1.71. The molecule has 1 fully saturated rings. The average molecular weight is 454 g/mol. The molecular weight excluding hydrogens is 427 g/mol. The molecule has 168 valence electrons. The second-order valence-electron chi connectivity index (χ2n) is 8.10. The van der Waals surface area contributed by atoms with Crippen LogP contribution < -0.4 is 26.1 Å². The smallest absolute Gasteiger partial charge is 0.361 e. The Labute approximate surface area is 182 Å². The number of H-pyrrole nitrogens is 1. The Bertz CT molecular complexity index is 1040. The van der Waals surface area contributed by atoms with Gasteiger partial charge in [-0.05, 0) is 37.0 Å². The zero-order valence-corrected chi connectivity index (χ0v) is 18.1. The molecule has 1 saturated heterocycles. The number of amides is 1. The van der Waals surface area contributed by atoms with Crippen molar-refractivity contribution in [2.45, 2.75) is 38.4 Å². The van der Waals surface area contributed by atoms with Crippen LogP contribution in [0.1, 0.15) is 35.0 Å². The van der Waals surface area contributed by atoms with E-state index in [2.05, 4.69) is 32.8 Å². The van der Waals surface area contributed by atoms with Crippen LogP contribution in [0.5, 0.6) is 0 Å². The number of carbonyl (C=O) groups is 1. The van der Waals surface area contributed by atoms with Gasteiger partial charge in [0.25, 0.3) is 5.91 Å². The van der Waals surface area contributed by atoms with Gasteiger partial charge in [-0.2, -0.15) is 13.2 Å². The van der Waals surface area contributed by atoms with E-state index < -0.39 is 12.1 Å². The number of hydrogen-bond donors (Lipinski definition) is 3. The third-order valence-corrected chi connectivity index (χ3v) is 6.70. The van der Waals surface area contributed by atoms with Gasteiger partial charge < -0.3 is 20.5 Å². The number of thiazole rings is 1. The number of alkyl halides is 3. The van der Waals surface area contributed by atoms with Crippen LogP contribution in [0.15, 0.2) is 12.4 Å². The highest BCUT2D eigenvalue weighted by atomic mass is 32.1. The van der Waals surface area contributed by atoms with E-state index in [4.69, 9.17) is 0 Å². The third kappa shape index (κ3) is 5.12. The van der Waals surface area contributed by atoms with Crippen molar-refractivity contribution in [3.63, 3.8) is 0 Å². The topological polar surface area (TPSA) is 73.0 Å². The van der Waals surface area contributed by atoms with Crippen molar-refractivity contribution >= 4 is 34.5 Å². The van der Waals surface area contributed by atoms with Gasteiger partial charge in [0.05, 0.1) is 12.1 Å². The molecule has 0 aromatic carbocycles. The van der Waals surface area contributed by atoms with Crippen LogP contribution in [0.25, 0.3) is 12.2 Å². The van der Waals surface area contributed by atoms with Crippen molar-refractivity contribution in [3.8, 4) is 0 Å². The minimum Gasteiger partial charge on any atom is -0.361 e. The molecule has 0 saturated carbocycles. The standard InChI is InChI=1S/C21H26F3N5OS/c1-13(8-14-9-26-17-5-3-2-4-16(14)17)28-19(30)18-11-27-20(31-18)29-7-6-25-10-15(12-29)21(22,23)24/h4-5,9,11,13,15,25-26H,2-3,6-8,10,12H2,1H3,(H,28,30)/t13-,15+/m0/s1. The highest BCUT2D eigenvalue weighted by molar-refractivity contribution is 7.17. The third-order valence-electron chi connectivity index (χ3n) is 5.65. The summed E-state index contributed by atoms with van der Waals surface area (Å²) in [5.41, 5.74) is 1.17.